The Morgan fingerprint density at radius 2 is 1.94 bits per heavy atom. The molecular weight excluding hydrogens is 220 g/mol. The van der Waals surface area contributed by atoms with Crippen molar-refractivity contribution in [2.75, 3.05) is 18.0 Å². The van der Waals surface area contributed by atoms with Crippen LogP contribution < -0.4 is 10.6 Å². The Morgan fingerprint density at radius 1 is 1.31 bits per heavy atom. The SMILES string of the molecule is CC1CN(c2ccc(Cl)cc2CN)CC1C. The van der Waals surface area contributed by atoms with Crippen molar-refractivity contribution in [3.63, 3.8) is 0 Å². The number of halogens is 1. The van der Waals surface area contributed by atoms with E-state index in [1.54, 1.807) is 0 Å². The van der Waals surface area contributed by atoms with E-state index in [9.17, 15) is 0 Å². The van der Waals surface area contributed by atoms with E-state index < -0.39 is 0 Å². The van der Waals surface area contributed by atoms with Gasteiger partial charge in [0.1, 0.15) is 0 Å². The first-order valence-corrected chi connectivity index (χ1v) is 6.23. The first-order chi connectivity index (χ1) is 7.61. The summed E-state index contributed by atoms with van der Waals surface area (Å²) in [7, 11) is 0. The van der Waals surface area contributed by atoms with E-state index in [0.717, 1.165) is 35.5 Å². The third-order valence-electron chi connectivity index (χ3n) is 3.59. The highest BCUT2D eigenvalue weighted by molar-refractivity contribution is 6.30. The van der Waals surface area contributed by atoms with E-state index in [4.69, 9.17) is 17.3 Å². The molecule has 0 radical (unpaired) electrons. The Balaban J connectivity index is 2.27. The first kappa shape index (κ1) is 11.7. The van der Waals surface area contributed by atoms with Gasteiger partial charge in [-0.25, -0.2) is 0 Å². The number of benzene rings is 1. The fraction of sp³-hybridized carbons (Fsp3) is 0.538. The van der Waals surface area contributed by atoms with Crippen molar-refractivity contribution in [1.29, 1.82) is 0 Å². The lowest BCUT2D eigenvalue weighted by Gasteiger charge is -2.21. The summed E-state index contributed by atoms with van der Waals surface area (Å²) >= 11 is 5.99. The van der Waals surface area contributed by atoms with Gasteiger partial charge in [-0.15, -0.1) is 0 Å². The van der Waals surface area contributed by atoms with Gasteiger partial charge in [0.2, 0.25) is 0 Å². The van der Waals surface area contributed by atoms with Gasteiger partial charge >= 0.3 is 0 Å². The first-order valence-electron chi connectivity index (χ1n) is 5.85. The van der Waals surface area contributed by atoms with E-state index in [1.165, 1.54) is 5.69 Å². The molecule has 0 aliphatic carbocycles. The lowest BCUT2D eigenvalue weighted by Crippen LogP contribution is -2.21. The summed E-state index contributed by atoms with van der Waals surface area (Å²) in [6.45, 7) is 7.41. The van der Waals surface area contributed by atoms with Crippen molar-refractivity contribution >= 4 is 17.3 Å². The number of nitrogens with zero attached hydrogens (tertiary/aromatic N) is 1. The molecule has 1 aromatic rings. The highest BCUT2D eigenvalue weighted by Crippen LogP contribution is 2.31. The largest absolute Gasteiger partial charge is 0.371 e. The van der Waals surface area contributed by atoms with Gasteiger partial charge in [-0.1, -0.05) is 25.4 Å². The molecule has 2 N–H and O–H groups in total. The van der Waals surface area contributed by atoms with Crippen LogP contribution in [0.15, 0.2) is 18.2 Å². The summed E-state index contributed by atoms with van der Waals surface area (Å²) < 4.78 is 0. The highest BCUT2D eigenvalue weighted by Gasteiger charge is 2.27. The van der Waals surface area contributed by atoms with Crippen molar-refractivity contribution in [3.05, 3.63) is 28.8 Å². The van der Waals surface area contributed by atoms with Crippen LogP contribution in [0.1, 0.15) is 19.4 Å². The Bertz CT molecular complexity index is 368. The van der Waals surface area contributed by atoms with Crippen molar-refractivity contribution < 1.29 is 0 Å². The maximum Gasteiger partial charge on any atom is 0.0412 e. The van der Waals surface area contributed by atoms with Crippen LogP contribution in [0.5, 0.6) is 0 Å². The molecule has 2 unspecified atom stereocenters. The summed E-state index contributed by atoms with van der Waals surface area (Å²) in [4.78, 5) is 2.42. The topological polar surface area (TPSA) is 29.3 Å². The molecule has 0 aromatic heterocycles. The summed E-state index contributed by atoms with van der Waals surface area (Å²) in [5, 5.41) is 0.768. The summed E-state index contributed by atoms with van der Waals surface area (Å²) in [6, 6.07) is 6.02. The van der Waals surface area contributed by atoms with Gasteiger partial charge in [0, 0.05) is 30.3 Å². The molecule has 88 valence electrons. The zero-order chi connectivity index (χ0) is 11.7. The number of nitrogens with two attached hydrogens (primary N) is 1. The molecule has 1 aliphatic heterocycles. The van der Waals surface area contributed by atoms with Crippen molar-refractivity contribution in [1.82, 2.24) is 0 Å². The molecule has 0 amide bonds. The van der Waals surface area contributed by atoms with E-state index in [2.05, 4.69) is 24.8 Å². The third-order valence-corrected chi connectivity index (χ3v) is 3.83. The average molecular weight is 239 g/mol. The van der Waals surface area contributed by atoms with E-state index in [-0.39, 0.29) is 0 Å². The zero-order valence-electron chi connectivity index (χ0n) is 9.91. The minimum atomic E-state index is 0.551. The zero-order valence-corrected chi connectivity index (χ0v) is 10.7. The predicted octanol–water partition coefficient (Wildman–Crippen LogP) is 2.89. The molecule has 1 aromatic carbocycles. The number of hydrogen-bond acceptors (Lipinski definition) is 2. The van der Waals surface area contributed by atoms with E-state index >= 15 is 0 Å². The Kier molecular flexibility index (Phi) is 3.41. The van der Waals surface area contributed by atoms with Gasteiger partial charge in [-0.2, -0.15) is 0 Å². The molecule has 0 bridgehead atoms. The Hall–Kier alpha value is -0.730. The van der Waals surface area contributed by atoms with Crippen LogP contribution in [0.3, 0.4) is 0 Å². The molecule has 0 spiro atoms. The Morgan fingerprint density at radius 3 is 2.50 bits per heavy atom. The smallest absolute Gasteiger partial charge is 0.0412 e. The van der Waals surface area contributed by atoms with Gasteiger partial charge in [0.25, 0.3) is 0 Å². The van der Waals surface area contributed by atoms with Crippen LogP contribution in [0.4, 0.5) is 5.69 Å². The standard InChI is InChI=1S/C13H19ClN2/c1-9-7-16(8-10(9)2)13-4-3-12(14)5-11(13)6-15/h3-5,9-10H,6-8,15H2,1-2H3. The second-order valence-electron chi connectivity index (χ2n) is 4.84. The molecule has 3 heteroatoms. The van der Waals surface area contributed by atoms with Crippen molar-refractivity contribution in [2.24, 2.45) is 17.6 Å². The molecular formula is C13H19ClN2. The van der Waals surface area contributed by atoms with Crippen LogP contribution in [0.25, 0.3) is 0 Å². The predicted molar refractivity (Wildman–Crippen MR) is 69.9 cm³/mol. The van der Waals surface area contributed by atoms with Crippen LogP contribution in [-0.2, 0) is 6.54 Å². The molecule has 0 saturated carbocycles. The van der Waals surface area contributed by atoms with Crippen molar-refractivity contribution in [3.8, 4) is 0 Å². The molecule has 2 nitrogen and oxygen atoms in total. The maximum absolute atomic E-state index is 5.99. The minimum Gasteiger partial charge on any atom is -0.371 e. The molecule has 1 aliphatic rings. The summed E-state index contributed by atoms with van der Waals surface area (Å²) in [5.41, 5.74) is 8.17. The second kappa shape index (κ2) is 4.64. The van der Waals surface area contributed by atoms with Gasteiger partial charge in [-0.05, 0) is 35.6 Å². The van der Waals surface area contributed by atoms with Crippen LogP contribution >= 0.6 is 11.6 Å². The summed E-state index contributed by atoms with van der Waals surface area (Å²) in [6.07, 6.45) is 0. The van der Waals surface area contributed by atoms with Gasteiger partial charge in [-0.3, -0.25) is 0 Å². The molecule has 2 atom stereocenters. The highest BCUT2D eigenvalue weighted by atomic mass is 35.5. The normalized spacial score (nSPS) is 25.1. The quantitative estimate of drug-likeness (QED) is 0.859. The van der Waals surface area contributed by atoms with Crippen LogP contribution in [0.2, 0.25) is 5.02 Å². The van der Waals surface area contributed by atoms with Crippen LogP contribution in [-0.4, -0.2) is 13.1 Å². The van der Waals surface area contributed by atoms with Crippen molar-refractivity contribution in [2.45, 2.75) is 20.4 Å². The average Bonchev–Trinajstić information content (AvgIpc) is 2.59. The lowest BCUT2D eigenvalue weighted by atomic mass is 10.0. The van der Waals surface area contributed by atoms with E-state index in [0.29, 0.717) is 6.54 Å². The number of anilines is 1. The number of hydrogen-bond donors (Lipinski definition) is 1. The molecule has 1 heterocycles. The van der Waals surface area contributed by atoms with Gasteiger partial charge < -0.3 is 10.6 Å². The molecule has 16 heavy (non-hydrogen) atoms. The van der Waals surface area contributed by atoms with E-state index in [1.807, 2.05) is 12.1 Å². The fourth-order valence-electron chi connectivity index (χ4n) is 2.35. The Labute approximate surface area is 102 Å². The van der Waals surface area contributed by atoms with Crippen LogP contribution in [0, 0.1) is 11.8 Å². The second-order valence-corrected chi connectivity index (χ2v) is 5.27. The lowest BCUT2D eigenvalue weighted by molar-refractivity contribution is 0.494. The maximum atomic E-state index is 5.99. The fourth-order valence-corrected chi connectivity index (χ4v) is 2.55. The molecule has 1 saturated heterocycles. The third kappa shape index (κ3) is 2.18. The van der Waals surface area contributed by atoms with Gasteiger partial charge in [0.15, 0.2) is 0 Å². The van der Waals surface area contributed by atoms with Gasteiger partial charge in [0.05, 0.1) is 0 Å². The molecule has 2 rings (SSSR count). The number of rotatable bonds is 2. The monoisotopic (exact) mass is 238 g/mol. The molecule has 1 fully saturated rings. The summed E-state index contributed by atoms with van der Waals surface area (Å²) in [5.74, 6) is 1.50. The minimum absolute atomic E-state index is 0.551.